The van der Waals surface area contributed by atoms with Gasteiger partial charge in [0.15, 0.2) is 6.23 Å². The molecular weight excluding hydrogens is 264 g/mol. The average molecular weight is 284 g/mol. The predicted octanol–water partition coefficient (Wildman–Crippen LogP) is 2.59. The van der Waals surface area contributed by atoms with Gasteiger partial charge in [-0.3, -0.25) is 4.90 Å². The Morgan fingerprint density at radius 2 is 2.10 bits per heavy atom. The summed E-state index contributed by atoms with van der Waals surface area (Å²) in [5, 5.41) is 0.855. The molecule has 0 saturated carbocycles. The molecule has 21 heavy (non-hydrogen) atoms. The topological polar surface area (TPSA) is 64.3 Å². The molecule has 2 aromatic rings. The molecule has 1 aromatic carbocycles. The first-order valence-corrected chi connectivity index (χ1v) is 7.31. The Morgan fingerprint density at radius 1 is 1.29 bits per heavy atom. The third-order valence-corrected chi connectivity index (χ3v) is 3.75. The van der Waals surface area contributed by atoms with Crippen LogP contribution in [0.3, 0.4) is 0 Å². The van der Waals surface area contributed by atoms with E-state index in [1.165, 1.54) is 19.2 Å². The molecule has 0 aliphatic carbocycles. The van der Waals surface area contributed by atoms with Crippen molar-refractivity contribution in [3.8, 4) is 5.75 Å². The van der Waals surface area contributed by atoms with Crippen molar-refractivity contribution in [2.24, 2.45) is 0 Å². The fourth-order valence-electron chi connectivity index (χ4n) is 2.67. The maximum absolute atomic E-state index is 6.12. The van der Waals surface area contributed by atoms with Crippen LogP contribution in [0.15, 0.2) is 36.7 Å². The minimum atomic E-state index is -0.0193. The summed E-state index contributed by atoms with van der Waals surface area (Å²) in [6, 6.07) is 5.76. The number of fused-ring (bicyclic) bond motifs is 1. The van der Waals surface area contributed by atoms with Crippen LogP contribution in [-0.2, 0) is 0 Å². The molecule has 0 spiro atoms. The zero-order valence-electron chi connectivity index (χ0n) is 12.2. The van der Waals surface area contributed by atoms with Crippen molar-refractivity contribution >= 4 is 16.7 Å². The van der Waals surface area contributed by atoms with Crippen molar-refractivity contribution in [2.75, 3.05) is 18.8 Å². The van der Waals surface area contributed by atoms with Gasteiger partial charge in [0.25, 0.3) is 0 Å². The van der Waals surface area contributed by atoms with E-state index in [0.717, 1.165) is 29.7 Å². The highest BCUT2D eigenvalue weighted by molar-refractivity contribution is 5.88. The SMILES string of the molecule is C/C=C/C(Oc1ccc2c(N)ncnc2c1)N1CCCC1. The van der Waals surface area contributed by atoms with Gasteiger partial charge >= 0.3 is 0 Å². The molecule has 5 nitrogen and oxygen atoms in total. The number of allylic oxidation sites excluding steroid dienone is 1. The van der Waals surface area contributed by atoms with Crippen molar-refractivity contribution in [1.29, 1.82) is 0 Å². The molecule has 1 aromatic heterocycles. The number of nitrogens with zero attached hydrogens (tertiary/aromatic N) is 3. The van der Waals surface area contributed by atoms with E-state index in [0.29, 0.717) is 5.82 Å². The smallest absolute Gasteiger partial charge is 0.172 e. The monoisotopic (exact) mass is 284 g/mol. The van der Waals surface area contributed by atoms with Gasteiger partial charge in [0, 0.05) is 24.5 Å². The van der Waals surface area contributed by atoms with Gasteiger partial charge in [0.05, 0.1) is 5.52 Å². The Morgan fingerprint density at radius 3 is 2.86 bits per heavy atom. The van der Waals surface area contributed by atoms with Crippen LogP contribution in [-0.4, -0.2) is 34.2 Å². The third kappa shape index (κ3) is 2.97. The van der Waals surface area contributed by atoms with E-state index >= 15 is 0 Å². The summed E-state index contributed by atoms with van der Waals surface area (Å²) >= 11 is 0. The number of nitrogen functional groups attached to an aromatic ring is 1. The zero-order chi connectivity index (χ0) is 14.7. The number of likely N-dealkylation sites (tertiary alicyclic amines) is 1. The fraction of sp³-hybridized carbons (Fsp3) is 0.375. The van der Waals surface area contributed by atoms with Crippen LogP contribution in [0.1, 0.15) is 19.8 Å². The number of benzene rings is 1. The van der Waals surface area contributed by atoms with E-state index in [-0.39, 0.29) is 6.23 Å². The van der Waals surface area contributed by atoms with Gasteiger partial charge in [0.2, 0.25) is 0 Å². The minimum absolute atomic E-state index is 0.0193. The molecule has 1 fully saturated rings. The second-order valence-electron chi connectivity index (χ2n) is 5.22. The molecule has 2 N–H and O–H groups in total. The van der Waals surface area contributed by atoms with Crippen LogP contribution in [0.4, 0.5) is 5.82 Å². The highest BCUT2D eigenvalue weighted by atomic mass is 16.5. The molecule has 0 radical (unpaired) electrons. The number of ether oxygens (including phenoxy) is 1. The van der Waals surface area contributed by atoms with Gasteiger partial charge in [-0.2, -0.15) is 0 Å². The van der Waals surface area contributed by atoms with Gasteiger partial charge in [-0.1, -0.05) is 6.08 Å². The molecule has 110 valence electrons. The number of rotatable bonds is 4. The van der Waals surface area contributed by atoms with Gasteiger partial charge in [-0.15, -0.1) is 0 Å². The van der Waals surface area contributed by atoms with E-state index in [9.17, 15) is 0 Å². The summed E-state index contributed by atoms with van der Waals surface area (Å²) in [7, 11) is 0. The molecule has 1 saturated heterocycles. The van der Waals surface area contributed by atoms with Gasteiger partial charge < -0.3 is 10.5 Å². The molecule has 1 atom stereocenters. The summed E-state index contributed by atoms with van der Waals surface area (Å²) in [5.74, 6) is 1.30. The summed E-state index contributed by atoms with van der Waals surface area (Å²) in [4.78, 5) is 10.6. The second-order valence-corrected chi connectivity index (χ2v) is 5.22. The maximum atomic E-state index is 6.12. The van der Waals surface area contributed by atoms with Crippen molar-refractivity contribution in [3.05, 3.63) is 36.7 Å². The minimum Gasteiger partial charge on any atom is -0.471 e. The lowest BCUT2D eigenvalue weighted by Gasteiger charge is -2.25. The highest BCUT2D eigenvalue weighted by Gasteiger charge is 2.21. The molecule has 1 unspecified atom stereocenters. The average Bonchev–Trinajstić information content (AvgIpc) is 3.01. The van der Waals surface area contributed by atoms with E-state index in [1.807, 2.05) is 31.2 Å². The standard InChI is InChI=1S/C16H20N4O/c1-2-5-15(20-8-3-4-9-20)21-12-6-7-13-14(10-12)18-11-19-16(13)17/h2,5-7,10-11,15H,3-4,8-9H2,1H3,(H2,17,18,19)/b5-2+. The molecule has 5 heteroatoms. The van der Waals surface area contributed by atoms with Crippen LogP contribution >= 0.6 is 0 Å². The van der Waals surface area contributed by atoms with Crippen molar-refractivity contribution < 1.29 is 4.74 Å². The molecule has 2 heterocycles. The highest BCUT2D eigenvalue weighted by Crippen LogP contribution is 2.24. The van der Waals surface area contributed by atoms with Crippen LogP contribution in [0.25, 0.3) is 10.9 Å². The van der Waals surface area contributed by atoms with Gasteiger partial charge in [-0.25, -0.2) is 9.97 Å². The molecule has 1 aliphatic heterocycles. The van der Waals surface area contributed by atoms with Gasteiger partial charge in [-0.05, 0) is 38.0 Å². The lowest BCUT2D eigenvalue weighted by atomic mass is 10.2. The van der Waals surface area contributed by atoms with Crippen LogP contribution < -0.4 is 10.5 Å². The Bertz CT molecular complexity index is 650. The first-order chi connectivity index (χ1) is 10.3. The molecule has 1 aliphatic rings. The summed E-state index contributed by atoms with van der Waals surface area (Å²) in [6.07, 6.45) is 8.05. The summed E-state index contributed by atoms with van der Waals surface area (Å²) in [5.41, 5.74) is 6.65. The van der Waals surface area contributed by atoms with Crippen LogP contribution in [0.5, 0.6) is 5.75 Å². The Labute approximate surface area is 124 Å². The number of hydrogen-bond donors (Lipinski definition) is 1. The second kappa shape index (κ2) is 6.10. The number of nitrogens with two attached hydrogens (primary N) is 1. The molecule has 3 rings (SSSR count). The Kier molecular flexibility index (Phi) is 4.01. The summed E-state index contributed by atoms with van der Waals surface area (Å²) in [6.45, 7) is 4.18. The Hall–Kier alpha value is -2.14. The summed E-state index contributed by atoms with van der Waals surface area (Å²) < 4.78 is 6.12. The Balaban J connectivity index is 1.85. The zero-order valence-corrected chi connectivity index (χ0v) is 12.2. The van der Waals surface area contributed by atoms with E-state index in [2.05, 4.69) is 20.9 Å². The van der Waals surface area contributed by atoms with Crippen molar-refractivity contribution in [2.45, 2.75) is 26.0 Å². The quantitative estimate of drug-likeness (QED) is 0.874. The van der Waals surface area contributed by atoms with Crippen molar-refractivity contribution in [1.82, 2.24) is 14.9 Å². The lowest BCUT2D eigenvalue weighted by Crippen LogP contribution is -2.35. The largest absolute Gasteiger partial charge is 0.471 e. The van der Waals surface area contributed by atoms with E-state index < -0.39 is 0 Å². The van der Waals surface area contributed by atoms with Crippen LogP contribution in [0.2, 0.25) is 0 Å². The predicted molar refractivity (Wildman–Crippen MR) is 84.0 cm³/mol. The first-order valence-electron chi connectivity index (χ1n) is 7.31. The lowest BCUT2D eigenvalue weighted by molar-refractivity contribution is 0.0834. The molecular formula is C16H20N4O. The molecule has 0 bridgehead atoms. The number of aromatic nitrogens is 2. The van der Waals surface area contributed by atoms with Crippen LogP contribution in [0, 0.1) is 0 Å². The number of hydrogen-bond acceptors (Lipinski definition) is 5. The first kappa shape index (κ1) is 13.8. The molecule has 0 amide bonds. The van der Waals surface area contributed by atoms with E-state index in [4.69, 9.17) is 10.5 Å². The third-order valence-electron chi connectivity index (χ3n) is 3.75. The fourth-order valence-corrected chi connectivity index (χ4v) is 2.67. The number of anilines is 1. The normalized spacial score (nSPS) is 17.6. The van der Waals surface area contributed by atoms with Crippen molar-refractivity contribution in [3.63, 3.8) is 0 Å². The van der Waals surface area contributed by atoms with E-state index in [1.54, 1.807) is 0 Å². The maximum Gasteiger partial charge on any atom is 0.172 e. The van der Waals surface area contributed by atoms with Gasteiger partial charge in [0.1, 0.15) is 17.9 Å².